The monoisotopic (exact) mass is 232 g/mol. The molecule has 0 fully saturated rings. The highest BCUT2D eigenvalue weighted by Gasteiger charge is 2.17. The second-order valence-electron chi connectivity index (χ2n) is 3.37. The quantitative estimate of drug-likeness (QED) is 0.760. The van der Waals surface area contributed by atoms with E-state index in [-0.39, 0.29) is 11.5 Å². The molecule has 4 heteroatoms. The van der Waals surface area contributed by atoms with Crippen molar-refractivity contribution in [3.63, 3.8) is 0 Å². The predicted molar refractivity (Wildman–Crippen MR) is 61.7 cm³/mol. The van der Waals surface area contributed by atoms with Gasteiger partial charge in [-0.15, -0.1) is 0 Å². The molecule has 0 atom stereocenters. The van der Waals surface area contributed by atoms with E-state index in [2.05, 4.69) is 0 Å². The van der Waals surface area contributed by atoms with Gasteiger partial charge in [-0.2, -0.15) is 0 Å². The van der Waals surface area contributed by atoms with Crippen LogP contribution in [-0.2, 0) is 0 Å². The Balaban J connectivity index is 2.45. The first-order valence-corrected chi connectivity index (χ1v) is 5.06. The van der Waals surface area contributed by atoms with E-state index in [1.54, 1.807) is 37.4 Å². The van der Waals surface area contributed by atoms with Gasteiger partial charge in [0, 0.05) is 0 Å². The minimum atomic E-state index is -0.231. The standard InChI is InChI=1S/C13H12O4/c1-15-9-5-6-11(16-2)10(8-9)13(14)12-4-3-7-17-12/h3-8H,1-2H3. The van der Waals surface area contributed by atoms with Crippen LogP contribution in [0.2, 0.25) is 0 Å². The number of ether oxygens (including phenoxy) is 2. The summed E-state index contributed by atoms with van der Waals surface area (Å²) in [5.74, 6) is 1.13. The number of hydrogen-bond acceptors (Lipinski definition) is 4. The molecule has 2 aromatic rings. The molecule has 0 saturated heterocycles. The van der Waals surface area contributed by atoms with Gasteiger partial charge in [-0.05, 0) is 30.3 Å². The fraction of sp³-hybridized carbons (Fsp3) is 0.154. The normalized spacial score (nSPS) is 10.0. The summed E-state index contributed by atoms with van der Waals surface area (Å²) in [6.07, 6.45) is 1.46. The predicted octanol–water partition coefficient (Wildman–Crippen LogP) is 2.53. The largest absolute Gasteiger partial charge is 0.497 e. The van der Waals surface area contributed by atoms with Crippen molar-refractivity contribution in [1.82, 2.24) is 0 Å². The SMILES string of the molecule is COc1ccc(OC)c(C(=O)c2ccco2)c1. The Labute approximate surface area is 98.8 Å². The smallest absolute Gasteiger partial charge is 0.232 e. The van der Waals surface area contributed by atoms with Crippen molar-refractivity contribution in [2.45, 2.75) is 0 Å². The molecular formula is C13H12O4. The molecule has 0 amide bonds. The summed E-state index contributed by atoms with van der Waals surface area (Å²) in [5, 5.41) is 0. The van der Waals surface area contributed by atoms with Crippen LogP contribution in [0.1, 0.15) is 16.1 Å². The van der Waals surface area contributed by atoms with Gasteiger partial charge in [-0.25, -0.2) is 0 Å². The van der Waals surface area contributed by atoms with Crippen molar-refractivity contribution in [1.29, 1.82) is 0 Å². The number of ketones is 1. The van der Waals surface area contributed by atoms with Crippen LogP contribution in [0.4, 0.5) is 0 Å². The lowest BCUT2D eigenvalue weighted by Crippen LogP contribution is -2.03. The second kappa shape index (κ2) is 4.74. The van der Waals surface area contributed by atoms with Crippen LogP contribution in [0.25, 0.3) is 0 Å². The number of furan rings is 1. The van der Waals surface area contributed by atoms with Crippen molar-refractivity contribution in [3.05, 3.63) is 47.9 Å². The van der Waals surface area contributed by atoms with Gasteiger partial charge >= 0.3 is 0 Å². The first-order chi connectivity index (χ1) is 8.26. The van der Waals surface area contributed by atoms with E-state index in [4.69, 9.17) is 13.9 Å². The van der Waals surface area contributed by atoms with Gasteiger partial charge in [-0.3, -0.25) is 4.79 Å². The third-order valence-electron chi connectivity index (χ3n) is 2.40. The van der Waals surface area contributed by atoms with Crippen molar-refractivity contribution in [2.75, 3.05) is 14.2 Å². The first kappa shape index (κ1) is 11.3. The Bertz CT molecular complexity index is 514. The Morgan fingerprint density at radius 3 is 2.59 bits per heavy atom. The minimum Gasteiger partial charge on any atom is -0.497 e. The second-order valence-corrected chi connectivity index (χ2v) is 3.37. The van der Waals surface area contributed by atoms with Crippen LogP contribution in [0, 0.1) is 0 Å². The lowest BCUT2D eigenvalue weighted by Gasteiger charge is -2.08. The molecule has 0 N–H and O–H groups in total. The van der Waals surface area contributed by atoms with Crippen molar-refractivity contribution in [2.24, 2.45) is 0 Å². The van der Waals surface area contributed by atoms with E-state index in [0.717, 1.165) is 0 Å². The lowest BCUT2D eigenvalue weighted by molar-refractivity contribution is 0.101. The number of carbonyl (C=O) groups is 1. The zero-order valence-electron chi connectivity index (χ0n) is 9.60. The highest BCUT2D eigenvalue weighted by Crippen LogP contribution is 2.26. The molecule has 0 spiro atoms. The van der Waals surface area contributed by atoms with Gasteiger partial charge in [0.05, 0.1) is 26.0 Å². The highest BCUT2D eigenvalue weighted by atomic mass is 16.5. The zero-order chi connectivity index (χ0) is 12.3. The van der Waals surface area contributed by atoms with Gasteiger partial charge in [0.2, 0.25) is 5.78 Å². The van der Waals surface area contributed by atoms with E-state index < -0.39 is 0 Å². The van der Waals surface area contributed by atoms with Crippen LogP contribution in [0.5, 0.6) is 11.5 Å². The number of rotatable bonds is 4. The maximum Gasteiger partial charge on any atom is 0.232 e. The minimum absolute atomic E-state index is 0.231. The van der Waals surface area contributed by atoms with Gasteiger partial charge in [0.1, 0.15) is 11.5 Å². The molecule has 1 aromatic heterocycles. The van der Waals surface area contributed by atoms with Crippen LogP contribution in [0.3, 0.4) is 0 Å². The molecule has 88 valence electrons. The molecule has 0 radical (unpaired) electrons. The molecule has 1 heterocycles. The summed E-state index contributed by atoms with van der Waals surface area (Å²) < 4.78 is 15.3. The molecule has 0 saturated carbocycles. The van der Waals surface area contributed by atoms with Crippen molar-refractivity contribution < 1.29 is 18.7 Å². The van der Waals surface area contributed by atoms with Crippen LogP contribution in [-0.4, -0.2) is 20.0 Å². The molecule has 0 aliphatic rings. The summed E-state index contributed by atoms with van der Waals surface area (Å²) >= 11 is 0. The van der Waals surface area contributed by atoms with E-state index in [0.29, 0.717) is 17.1 Å². The van der Waals surface area contributed by atoms with Crippen LogP contribution in [0.15, 0.2) is 41.0 Å². The van der Waals surface area contributed by atoms with Gasteiger partial charge in [-0.1, -0.05) is 0 Å². The van der Waals surface area contributed by atoms with Crippen LogP contribution < -0.4 is 9.47 Å². The average Bonchev–Trinajstić information content (AvgIpc) is 2.91. The summed E-state index contributed by atoms with van der Waals surface area (Å²) in [4.78, 5) is 12.1. The lowest BCUT2D eigenvalue weighted by atomic mass is 10.1. The summed E-state index contributed by atoms with van der Waals surface area (Å²) in [5.41, 5.74) is 0.418. The Hall–Kier alpha value is -2.23. The van der Waals surface area contributed by atoms with E-state index in [9.17, 15) is 4.79 Å². The van der Waals surface area contributed by atoms with Crippen molar-refractivity contribution in [3.8, 4) is 11.5 Å². The first-order valence-electron chi connectivity index (χ1n) is 5.06. The summed E-state index contributed by atoms with van der Waals surface area (Å²) in [6.45, 7) is 0. The van der Waals surface area contributed by atoms with Crippen molar-refractivity contribution >= 4 is 5.78 Å². The molecule has 2 rings (SSSR count). The zero-order valence-corrected chi connectivity index (χ0v) is 9.60. The van der Waals surface area contributed by atoms with Crippen LogP contribution >= 0.6 is 0 Å². The topological polar surface area (TPSA) is 48.7 Å². The van der Waals surface area contributed by atoms with E-state index in [1.807, 2.05) is 0 Å². The molecule has 4 nitrogen and oxygen atoms in total. The van der Waals surface area contributed by atoms with Gasteiger partial charge in [0.15, 0.2) is 5.76 Å². The Morgan fingerprint density at radius 1 is 1.18 bits per heavy atom. The fourth-order valence-corrected chi connectivity index (χ4v) is 1.53. The molecule has 17 heavy (non-hydrogen) atoms. The maximum absolute atomic E-state index is 12.1. The maximum atomic E-state index is 12.1. The van der Waals surface area contributed by atoms with Gasteiger partial charge < -0.3 is 13.9 Å². The Morgan fingerprint density at radius 2 is 2.00 bits per heavy atom. The molecule has 1 aromatic carbocycles. The summed E-state index contributed by atoms with van der Waals surface area (Å²) in [7, 11) is 3.06. The third-order valence-corrected chi connectivity index (χ3v) is 2.40. The molecule has 0 unspecified atom stereocenters. The number of benzene rings is 1. The molecule has 0 aliphatic heterocycles. The van der Waals surface area contributed by atoms with Gasteiger partial charge in [0.25, 0.3) is 0 Å². The molecule has 0 aliphatic carbocycles. The summed E-state index contributed by atoms with van der Waals surface area (Å²) in [6, 6.07) is 8.33. The van der Waals surface area contributed by atoms with E-state index >= 15 is 0 Å². The fourth-order valence-electron chi connectivity index (χ4n) is 1.53. The Kier molecular flexibility index (Phi) is 3.14. The third kappa shape index (κ3) is 2.15. The highest BCUT2D eigenvalue weighted by molar-refractivity contribution is 6.09. The number of methoxy groups -OCH3 is 2. The molecular weight excluding hydrogens is 220 g/mol. The number of carbonyl (C=O) groups excluding carboxylic acids is 1. The molecule has 0 bridgehead atoms. The van der Waals surface area contributed by atoms with E-state index in [1.165, 1.54) is 13.4 Å². The average molecular weight is 232 g/mol. The number of hydrogen-bond donors (Lipinski definition) is 0.